The lowest BCUT2D eigenvalue weighted by atomic mass is 10.2. The highest BCUT2D eigenvalue weighted by Crippen LogP contribution is 2.17. The lowest BCUT2D eigenvalue weighted by molar-refractivity contribution is 0.682. The molecule has 0 N–H and O–H groups in total. The summed E-state index contributed by atoms with van der Waals surface area (Å²) in [7, 11) is -0.917. The maximum absolute atomic E-state index is 12.0. The van der Waals surface area contributed by atoms with Crippen molar-refractivity contribution in [3.05, 3.63) is 70.7 Å². The van der Waals surface area contributed by atoms with Crippen LogP contribution in [0.2, 0.25) is 5.02 Å². The molecule has 2 aromatic carbocycles. The Hall–Kier alpha value is -1.12. The normalized spacial score (nSPS) is 12.3. The van der Waals surface area contributed by atoms with Crippen molar-refractivity contribution in [1.29, 1.82) is 0 Å². The molecule has 0 aliphatic rings. The molecule has 1 atom stereocenters. The van der Waals surface area contributed by atoms with Crippen molar-refractivity contribution in [2.75, 3.05) is 0 Å². The molecule has 2 aromatic rings. The molecule has 0 radical (unpaired) electrons. The van der Waals surface area contributed by atoms with E-state index in [0.717, 1.165) is 11.1 Å². The Balaban J connectivity index is 2.01. The topological polar surface area (TPSA) is 17.1 Å². The van der Waals surface area contributed by atoms with Crippen molar-refractivity contribution in [2.45, 2.75) is 11.5 Å². The van der Waals surface area contributed by atoms with E-state index in [9.17, 15) is 4.21 Å². The Kier molecular flexibility index (Phi) is 4.35. The molecule has 0 spiro atoms. The zero-order valence-corrected chi connectivity index (χ0v) is 10.9. The van der Waals surface area contributed by atoms with E-state index in [0.29, 0.717) is 16.5 Å². The van der Waals surface area contributed by atoms with E-state index in [1.165, 1.54) is 0 Å². The van der Waals surface area contributed by atoms with Crippen molar-refractivity contribution < 1.29 is 4.21 Å². The second-order valence-corrected chi connectivity index (χ2v) is 5.67. The SMILES string of the molecule is O=S(Cc1ccccc1)Cc1ccccc1Cl. The Morgan fingerprint density at radius 1 is 0.882 bits per heavy atom. The van der Waals surface area contributed by atoms with Gasteiger partial charge in [0, 0.05) is 21.6 Å². The monoisotopic (exact) mass is 264 g/mol. The molecular weight excluding hydrogens is 252 g/mol. The molecule has 17 heavy (non-hydrogen) atoms. The van der Waals surface area contributed by atoms with Crippen LogP contribution in [0, 0.1) is 0 Å². The van der Waals surface area contributed by atoms with Crippen LogP contribution in [0.1, 0.15) is 11.1 Å². The lowest BCUT2D eigenvalue weighted by Gasteiger charge is -2.04. The molecule has 0 aliphatic carbocycles. The summed E-state index contributed by atoms with van der Waals surface area (Å²) in [4.78, 5) is 0. The van der Waals surface area contributed by atoms with E-state index in [4.69, 9.17) is 11.6 Å². The Labute approximate surface area is 109 Å². The standard InChI is InChI=1S/C14H13ClOS/c15-14-9-5-4-8-13(14)11-17(16)10-12-6-2-1-3-7-12/h1-9H,10-11H2. The van der Waals surface area contributed by atoms with Crippen molar-refractivity contribution in [1.82, 2.24) is 0 Å². The van der Waals surface area contributed by atoms with Crippen LogP contribution in [-0.2, 0) is 22.3 Å². The summed E-state index contributed by atoms with van der Waals surface area (Å²) in [5, 5.41) is 0.689. The predicted octanol–water partition coefficient (Wildman–Crippen LogP) is 3.79. The molecule has 0 bridgehead atoms. The molecule has 0 aliphatic heterocycles. The Bertz CT molecular complexity index is 511. The molecule has 3 heteroatoms. The molecule has 0 aromatic heterocycles. The number of halogens is 1. The first-order valence-corrected chi connectivity index (χ1v) is 7.24. The molecule has 0 fully saturated rings. The quantitative estimate of drug-likeness (QED) is 0.821. The van der Waals surface area contributed by atoms with Crippen molar-refractivity contribution >= 4 is 22.4 Å². The second-order valence-electron chi connectivity index (χ2n) is 3.81. The van der Waals surface area contributed by atoms with Crippen LogP contribution in [0.5, 0.6) is 0 Å². The van der Waals surface area contributed by atoms with Gasteiger partial charge in [-0.1, -0.05) is 60.1 Å². The maximum atomic E-state index is 12.0. The second kappa shape index (κ2) is 5.99. The fourth-order valence-corrected chi connectivity index (χ4v) is 3.15. The minimum Gasteiger partial charge on any atom is -0.259 e. The zero-order chi connectivity index (χ0) is 12.1. The predicted molar refractivity (Wildman–Crippen MR) is 73.4 cm³/mol. The summed E-state index contributed by atoms with van der Waals surface area (Å²) in [5.74, 6) is 1.08. The van der Waals surface area contributed by atoms with Gasteiger partial charge >= 0.3 is 0 Å². The zero-order valence-electron chi connectivity index (χ0n) is 9.30. The largest absolute Gasteiger partial charge is 0.259 e. The Morgan fingerprint density at radius 3 is 2.24 bits per heavy atom. The van der Waals surface area contributed by atoms with E-state index in [1.54, 1.807) is 0 Å². The lowest BCUT2D eigenvalue weighted by Crippen LogP contribution is -1.99. The van der Waals surface area contributed by atoms with E-state index in [1.807, 2.05) is 54.6 Å². The van der Waals surface area contributed by atoms with Crippen LogP contribution in [0.4, 0.5) is 0 Å². The summed E-state index contributed by atoms with van der Waals surface area (Å²) < 4.78 is 12.0. The summed E-state index contributed by atoms with van der Waals surface area (Å²) in [6, 6.07) is 17.4. The molecule has 2 rings (SSSR count). The molecule has 0 amide bonds. The van der Waals surface area contributed by atoms with Gasteiger partial charge in [-0.25, -0.2) is 0 Å². The van der Waals surface area contributed by atoms with Gasteiger partial charge in [0.25, 0.3) is 0 Å². The number of hydrogen-bond donors (Lipinski definition) is 0. The third kappa shape index (κ3) is 3.69. The summed E-state index contributed by atoms with van der Waals surface area (Å²) in [5.41, 5.74) is 2.04. The minimum atomic E-state index is -0.917. The fourth-order valence-electron chi connectivity index (χ4n) is 1.60. The average molecular weight is 265 g/mol. The maximum Gasteiger partial charge on any atom is 0.0503 e. The van der Waals surface area contributed by atoms with Crippen LogP contribution in [0.25, 0.3) is 0 Å². The number of rotatable bonds is 4. The molecular formula is C14H13ClOS. The molecule has 0 saturated heterocycles. The van der Waals surface area contributed by atoms with Crippen molar-refractivity contribution in [2.24, 2.45) is 0 Å². The highest BCUT2D eigenvalue weighted by atomic mass is 35.5. The third-order valence-electron chi connectivity index (χ3n) is 2.44. The van der Waals surface area contributed by atoms with E-state index in [2.05, 4.69) is 0 Å². The molecule has 1 unspecified atom stereocenters. The van der Waals surface area contributed by atoms with Gasteiger partial charge in [0.15, 0.2) is 0 Å². The van der Waals surface area contributed by atoms with E-state index < -0.39 is 10.8 Å². The first kappa shape index (κ1) is 12.3. The highest BCUT2D eigenvalue weighted by molar-refractivity contribution is 7.83. The summed E-state index contributed by atoms with van der Waals surface area (Å²) in [6.07, 6.45) is 0. The number of hydrogen-bond acceptors (Lipinski definition) is 1. The van der Waals surface area contributed by atoms with E-state index >= 15 is 0 Å². The molecule has 0 saturated carbocycles. The fraction of sp³-hybridized carbons (Fsp3) is 0.143. The van der Waals surface area contributed by atoms with Gasteiger partial charge in [-0.3, -0.25) is 4.21 Å². The Morgan fingerprint density at radius 2 is 1.53 bits per heavy atom. The van der Waals surface area contributed by atoms with Gasteiger partial charge in [0.05, 0.1) is 5.75 Å². The van der Waals surface area contributed by atoms with Gasteiger partial charge in [-0.05, 0) is 17.2 Å². The number of benzene rings is 2. The van der Waals surface area contributed by atoms with Gasteiger partial charge in [-0.15, -0.1) is 0 Å². The third-order valence-corrected chi connectivity index (χ3v) is 4.10. The minimum absolute atomic E-state index is 0.508. The van der Waals surface area contributed by atoms with Crippen LogP contribution in [-0.4, -0.2) is 4.21 Å². The van der Waals surface area contributed by atoms with E-state index in [-0.39, 0.29) is 0 Å². The van der Waals surface area contributed by atoms with Crippen molar-refractivity contribution in [3.8, 4) is 0 Å². The highest BCUT2D eigenvalue weighted by Gasteiger charge is 2.05. The van der Waals surface area contributed by atoms with Gasteiger partial charge in [-0.2, -0.15) is 0 Å². The first-order chi connectivity index (χ1) is 8.25. The molecule has 1 nitrogen and oxygen atoms in total. The summed E-state index contributed by atoms with van der Waals surface area (Å²) in [6.45, 7) is 0. The van der Waals surface area contributed by atoms with Crippen molar-refractivity contribution in [3.63, 3.8) is 0 Å². The summed E-state index contributed by atoms with van der Waals surface area (Å²) >= 11 is 6.04. The van der Waals surface area contributed by atoms with Gasteiger partial charge < -0.3 is 0 Å². The average Bonchev–Trinajstić information content (AvgIpc) is 2.33. The molecule has 88 valence electrons. The smallest absolute Gasteiger partial charge is 0.0503 e. The van der Waals surface area contributed by atoms with Crippen LogP contribution in [0.15, 0.2) is 54.6 Å². The molecule has 0 heterocycles. The van der Waals surface area contributed by atoms with Gasteiger partial charge in [0.2, 0.25) is 0 Å². The van der Waals surface area contributed by atoms with Gasteiger partial charge in [0.1, 0.15) is 0 Å². The van der Waals surface area contributed by atoms with Crippen LogP contribution in [0.3, 0.4) is 0 Å². The van der Waals surface area contributed by atoms with Crippen LogP contribution >= 0.6 is 11.6 Å². The first-order valence-electron chi connectivity index (χ1n) is 5.38. The van der Waals surface area contributed by atoms with Crippen LogP contribution < -0.4 is 0 Å².